The topological polar surface area (TPSA) is 80.6 Å². The van der Waals surface area contributed by atoms with E-state index in [1.807, 2.05) is 13.0 Å². The van der Waals surface area contributed by atoms with Gasteiger partial charge in [0.15, 0.2) is 0 Å². The SMILES string of the molecule is Cc1cccc2c(O)c3c(=O)oc4ccc(C#C[Si](C)(C)C)c5c(=O)oc(c12)c3c45. The van der Waals surface area contributed by atoms with Crippen molar-refractivity contribution in [2.24, 2.45) is 0 Å². The lowest BCUT2D eigenvalue weighted by atomic mass is 9.94. The Morgan fingerprint density at radius 2 is 1.60 bits per heavy atom. The summed E-state index contributed by atoms with van der Waals surface area (Å²) in [4.78, 5) is 25.9. The van der Waals surface area contributed by atoms with Gasteiger partial charge in [-0.2, -0.15) is 0 Å². The van der Waals surface area contributed by atoms with Crippen molar-refractivity contribution in [2.75, 3.05) is 0 Å². The first-order valence-corrected chi connectivity index (χ1v) is 13.1. The molecule has 30 heavy (non-hydrogen) atoms. The summed E-state index contributed by atoms with van der Waals surface area (Å²) in [7, 11) is -1.69. The van der Waals surface area contributed by atoms with Crippen LogP contribution in [-0.2, 0) is 0 Å². The fraction of sp³-hybridized carbons (Fsp3) is 0.167. The highest BCUT2D eigenvalue weighted by molar-refractivity contribution is 6.83. The third-order valence-electron chi connectivity index (χ3n) is 5.26. The van der Waals surface area contributed by atoms with E-state index in [4.69, 9.17) is 8.83 Å². The van der Waals surface area contributed by atoms with Crippen LogP contribution in [0.25, 0.3) is 43.5 Å². The first kappa shape index (κ1) is 18.5. The minimum atomic E-state index is -1.69. The average molecular weight is 414 g/mol. The maximum absolute atomic E-state index is 13.1. The summed E-state index contributed by atoms with van der Waals surface area (Å²) in [5.41, 5.74) is 3.95. The fourth-order valence-corrected chi connectivity index (χ4v) is 4.49. The minimum absolute atomic E-state index is 0.0136. The van der Waals surface area contributed by atoms with E-state index in [9.17, 15) is 14.7 Å². The Bertz CT molecular complexity index is 1690. The third-order valence-corrected chi connectivity index (χ3v) is 6.14. The number of rotatable bonds is 0. The number of phenolic OH excluding ortho intramolecular Hbond substituents is 1. The van der Waals surface area contributed by atoms with Crippen LogP contribution >= 0.6 is 0 Å². The molecule has 1 N–H and O–H groups in total. The molecule has 2 aromatic heterocycles. The Morgan fingerprint density at radius 1 is 0.867 bits per heavy atom. The Labute approximate surface area is 171 Å². The summed E-state index contributed by atoms with van der Waals surface area (Å²) in [6.45, 7) is 8.21. The van der Waals surface area contributed by atoms with Crippen LogP contribution in [0, 0.1) is 18.4 Å². The van der Waals surface area contributed by atoms with Crippen LogP contribution < -0.4 is 11.3 Å². The quantitative estimate of drug-likeness (QED) is 0.128. The first-order chi connectivity index (χ1) is 14.2. The monoisotopic (exact) mass is 414 g/mol. The molecule has 0 bridgehead atoms. The van der Waals surface area contributed by atoms with Crippen LogP contribution in [0.1, 0.15) is 11.1 Å². The van der Waals surface area contributed by atoms with Crippen LogP contribution in [0.15, 0.2) is 48.8 Å². The highest BCUT2D eigenvalue weighted by Gasteiger charge is 2.25. The predicted molar refractivity (Wildman–Crippen MR) is 121 cm³/mol. The van der Waals surface area contributed by atoms with Gasteiger partial charge < -0.3 is 13.9 Å². The van der Waals surface area contributed by atoms with E-state index in [1.54, 1.807) is 24.3 Å². The van der Waals surface area contributed by atoms with Gasteiger partial charge in [-0.25, -0.2) is 9.59 Å². The average Bonchev–Trinajstić information content (AvgIpc) is 2.67. The van der Waals surface area contributed by atoms with Crippen molar-refractivity contribution in [3.8, 4) is 17.2 Å². The van der Waals surface area contributed by atoms with Crippen molar-refractivity contribution in [1.29, 1.82) is 0 Å². The molecule has 0 atom stereocenters. The van der Waals surface area contributed by atoms with E-state index >= 15 is 0 Å². The molecule has 0 aliphatic carbocycles. The van der Waals surface area contributed by atoms with Crippen molar-refractivity contribution in [1.82, 2.24) is 0 Å². The molecule has 5 rings (SSSR count). The Hall–Kier alpha value is -3.56. The van der Waals surface area contributed by atoms with Crippen molar-refractivity contribution in [3.05, 3.63) is 62.3 Å². The van der Waals surface area contributed by atoms with E-state index in [0.29, 0.717) is 27.1 Å². The van der Waals surface area contributed by atoms with Crippen LogP contribution in [-0.4, -0.2) is 13.2 Å². The summed E-state index contributed by atoms with van der Waals surface area (Å²) < 4.78 is 11.3. The highest BCUT2D eigenvalue weighted by Crippen LogP contribution is 2.42. The van der Waals surface area contributed by atoms with E-state index in [-0.39, 0.29) is 27.7 Å². The lowest BCUT2D eigenvalue weighted by molar-refractivity contribution is 0.483. The number of hydrogen-bond acceptors (Lipinski definition) is 5. The normalized spacial score (nSPS) is 12.1. The van der Waals surface area contributed by atoms with Gasteiger partial charge in [0.1, 0.15) is 30.4 Å². The molecule has 0 unspecified atom stereocenters. The zero-order valence-corrected chi connectivity index (χ0v) is 18.0. The Kier molecular flexibility index (Phi) is 3.68. The molecule has 6 heteroatoms. The molecule has 0 saturated carbocycles. The van der Waals surface area contributed by atoms with Crippen molar-refractivity contribution < 1.29 is 13.9 Å². The molecule has 0 saturated heterocycles. The van der Waals surface area contributed by atoms with E-state index in [0.717, 1.165) is 5.56 Å². The summed E-state index contributed by atoms with van der Waals surface area (Å²) in [6.07, 6.45) is 0. The molecule has 2 heterocycles. The molecule has 0 aliphatic heterocycles. The fourth-order valence-electron chi connectivity index (χ4n) is 3.98. The number of phenols is 1. The van der Waals surface area contributed by atoms with Crippen molar-refractivity contribution in [2.45, 2.75) is 26.6 Å². The van der Waals surface area contributed by atoms with Crippen LogP contribution in [0.5, 0.6) is 5.75 Å². The smallest absolute Gasteiger partial charge is 0.348 e. The number of aryl methyl sites for hydroxylation is 1. The van der Waals surface area contributed by atoms with Gasteiger partial charge >= 0.3 is 11.3 Å². The van der Waals surface area contributed by atoms with Gasteiger partial charge in [-0.1, -0.05) is 43.8 Å². The first-order valence-electron chi connectivity index (χ1n) is 9.60. The zero-order chi connectivity index (χ0) is 21.4. The maximum Gasteiger partial charge on any atom is 0.348 e. The van der Waals surface area contributed by atoms with Crippen LogP contribution in [0.2, 0.25) is 19.6 Å². The molecule has 0 radical (unpaired) electrons. The van der Waals surface area contributed by atoms with Crippen LogP contribution in [0.3, 0.4) is 0 Å². The van der Waals surface area contributed by atoms with Gasteiger partial charge in [-0.05, 0) is 24.6 Å². The Morgan fingerprint density at radius 3 is 2.33 bits per heavy atom. The molecule has 0 fully saturated rings. The van der Waals surface area contributed by atoms with E-state index < -0.39 is 19.3 Å². The lowest BCUT2D eigenvalue weighted by Crippen LogP contribution is -2.16. The van der Waals surface area contributed by atoms with Crippen LogP contribution in [0.4, 0.5) is 0 Å². The van der Waals surface area contributed by atoms with Gasteiger partial charge in [0.05, 0.1) is 5.39 Å². The second kappa shape index (κ2) is 5.97. The molecular formula is C24H18O5Si. The molecule has 0 aliphatic rings. The number of aromatic hydroxyl groups is 1. The van der Waals surface area contributed by atoms with E-state index in [2.05, 4.69) is 31.1 Å². The Balaban J connectivity index is 2.14. The largest absolute Gasteiger partial charge is 0.506 e. The number of fused-ring (bicyclic) bond motifs is 2. The predicted octanol–water partition coefficient (Wildman–Crippen LogP) is 4.89. The van der Waals surface area contributed by atoms with Crippen molar-refractivity contribution >= 4 is 51.6 Å². The third kappa shape index (κ3) is 2.49. The second-order valence-corrected chi connectivity index (χ2v) is 13.3. The molecule has 148 valence electrons. The number of hydrogen-bond donors (Lipinski definition) is 1. The molecule has 5 aromatic rings. The summed E-state index contributed by atoms with van der Waals surface area (Å²) in [5.74, 6) is 2.95. The summed E-state index contributed by atoms with van der Waals surface area (Å²) in [5, 5.41) is 13.1. The van der Waals surface area contributed by atoms with E-state index in [1.165, 1.54) is 0 Å². The molecule has 0 spiro atoms. The van der Waals surface area contributed by atoms with Gasteiger partial charge in [0.2, 0.25) is 0 Å². The summed E-state index contributed by atoms with van der Waals surface area (Å²) >= 11 is 0. The molecule has 3 aromatic carbocycles. The standard InChI is InChI=1S/C24H18O5Si/c1-12-6-5-7-14-16(12)22-19-18-15(28-24(27)20(19)21(14)25)9-8-13(10-11-30(2,3)4)17(18)23(26)29-22/h5-9,25H,1-4H3. The van der Waals surface area contributed by atoms with Gasteiger partial charge in [0, 0.05) is 27.1 Å². The molecule has 5 nitrogen and oxygen atoms in total. The molecular weight excluding hydrogens is 396 g/mol. The highest BCUT2D eigenvalue weighted by atomic mass is 28.3. The van der Waals surface area contributed by atoms with Gasteiger partial charge in [0.25, 0.3) is 0 Å². The maximum atomic E-state index is 13.1. The summed E-state index contributed by atoms with van der Waals surface area (Å²) in [6, 6.07) is 8.66. The van der Waals surface area contributed by atoms with Gasteiger partial charge in [-0.15, -0.1) is 5.54 Å². The van der Waals surface area contributed by atoms with Crippen molar-refractivity contribution in [3.63, 3.8) is 0 Å². The minimum Gasteiger partial charge on any atom is -0.506 e. The number of benzene rings is 3. The van der Waals surface area contributed by atoms with Gasteiger partial charge in [-0.3, -0.25) is 0 Å². The molecule has 0 amide bonds. The lowest BCUT2D eigenvalue weighted by Gasteiger charge is -2.14. The second-order valence-electron chi connectivity index (χ2n) is 8.57. The zero-order valence-electron chi connectivity index (χ0n) is 17.0.